The Morgan fingerprint density at radius 1 is 1.21 bits per heavy atom. The maximum atomic E-state index is 11.5. The van der Waals surface area contributed by atoms with Crippen LogP contribution in [-0.2, 0) is 14.8 Å². The number of anilines is 1. The largest absolute Gasteiger partial charge is 0.494 e. The molecule has 0 fully saturated rings. The summed E-state index contributed by atoms with van der Waals surface area (Å²) in [7, 11) is -3.35. The molecule has 1 aromatic rings. The number of hydrogen-bond donors (Lipinski definition) is 2. The van der Waals surface area contributed by atoms with Gasteiger partial charge in [-0.15, -0.1) is 0 Å². The van der Waals surface area contributed by atoms with Gasteiger partial charge in [0.1, 0.15) is 5.75 Å². The van der Waals surface area contributed by atoms with Crippen LogP contribution in [0.2, 0.25) is 0 Å². The van der Waals surface area contributed by atoms with Crippen molar-refractivity contribution in [3.63, 3.8) is 0 Å². The fourth-order valence-electron chi connectivity index (χ4n) is 1.28. The molecule has 0 heterocycles. The first-order valence-electron chi connectivity index (χ1n) is 5.97. The van der Waals surface area contributed by atoms with E-state index < -0.39 is 15.9 Å². The molecule has 0 radical (unpaired) electrons. The summed E-state index contributed by atoms with van der Waals surface area (Å²) in [5.41, 5.74) is 0.587. The summed E-state index contributed by atoms with van der Waals surface area (Å²) in [6, 6.07) is 6.85. The zero-order valence-corrected chi connectivity index (χ0v) is 11.8. The summed E-state index contributed by atoms with van der Waals surface area (Å²) in [5, 5.41) is 2.59. The van der Waals surface area contributed by atoms with Crippen molar-refractivity contribution in [1.82, 2.24) is 4.72 Å². The van der Waals surface area contributed by atoms with Gasteiger partial charge < -0.3 is 10.1 Å². The van der Waals surface area contributed by atoms with Gasteiger partial charge in [0.25, 0.3) is 0 Å². The fraction of sp³-hybridized carbons (Fsp3) is 0.417. The molecule has 106 valence electrons. The van der Waals surface area contributed by atoms with E-state index in [9.17, 15) is 13.2 Å². The van der Waals surface area contributed by atoms with Crippen LogP contribution in [0.15, 0.2) is 24.3 Å². The lowest BCUT2D eigenvalue weighted by Gasteiger charge is -2.08. The average molecular weight is 286 g/mol. The predicted molar refractivity (Wildman–Crippen MR) is 73.7 cm³/mol. The Morgan fingerprint density at radius 3 is 2.37 bits per heavy atom. The summed E-state index contributed by atoms with van der Waals surface area (Å²) in [6.45, 7) is 3.69. The number of benzene rings is 1. The van der Waals surface area contributed by atoms with E-state index in [0.717, 1.165) is 0 Å². The fourth-order valence-corrected chi connectivity index (χ4v) is 1.84. The van der Waals surface area contributed by atoms with Crippen LogP contribution in [-0.4, -0.2) is 33.2 Å². The molecule has 0 bridgehead atoms. The van der Waals surface area contributed by atoms with Crippen molar-refractivity contribution in [3.05, 3.63) is 24.3 Å². The van der Waals surface area contributed by atoms with Gasteiger partial charge in [0.15, 0.2) is 0 Å². The number of carbonyl (C=O) groups is 1. The molecule has 7 heteroatoms. The van der Waals surface area contributed by atoms with E-state index >= 15 is 0 Å². The van der Waals surface area contributed by atoms with E-state index in [1.807, 2.05) is 6.92 Å². The van der Waals surface area contributed by atoms with Crippen LogP contribution in [0, 0.1) is 0 Å². The monoisotopic (exact) mass is 286 g/mol. The third-order valence-corrected chi connectivity index (χ3v) is 3.63. The van der Waals surface area contributed by atoms with Gasteiger partial charge in [0.05, 0.1) is 18.9 Å². The van der Waals surface area contributed by atoms with Crippen LogP contribution in [0.3, 0.4) is 0 Å². The van der Waals surface area contributed by atoms with Crippen molar-refractivity contribution in [2.24, 2.45) is 0 Å². The molecule has 0 atom stereocenters. The first kappa shape index (κ1) is 15.5. The van der Waals surface area contributed by atoms with E-state index in [4.69, 9.17) is 4.74 Å². The highest BCUT2D eigenvalue weighted by molar-refractivity contribution is 7.89. The maximum absolute atomic E-state index is 11.5. The number of rotatable bonds is 7. The van der Waals surface area contributed by atoms with Gasteiger partial charge in [-0.05, 0) is 38.1 Å². The minimum atomic E-state index is -3.35. The molecule has 0 saturated carbocycles. The minimum Gasteiger partial charge on any atom is -0.494 e. The zero-order chi connectivity index (χ0) is 14.3. The minimum absolute atomic E-state index is 0.0522. The van der Waals surface area contributed by atoms with Crippen LogP contribution in [0.1, 0.15) is 13.8 Å². The highest BCUT2D eigenvalue weighted by Gasteiger charge is 2.09. The molecule has 19 heavy (non-hydrogen) atoms. The van der Waals surface area contributed by atoms with Gasteiger partial charge in [-0.25, -0.2) is 13.1 Å². The molecule has 1 aromatic carbocycles. The molecule has 0 aliphatic rings. The van der Waals surface area contributed by atoms with Gasteiger partial charge in [-0.2, -0.15) is 0 Å². The molecule has 0 spiro atoms. The van der Waals surface area contributed by atoms with Crippen molar-refractivity contribution < 1.29 is 17.9 Å². The topological polar surface area (TPSA) is 84.5 Å². The lowest BCUT2D eigenvalue weighted by Crippen LogP contribution is -2.33. The average Bonchev–Trinajstić information content (AvgIpc) is 2.39. The Bertz CT molecular complexity index is 511. The molecule has 1 rings (SSSR count). The van der Waals surface area contributed by atoms with Crippen LogP contribution in [0.4, 0.5) is 5.69 Å². The number of hydrogen-bond acceptors (Lipinski definition) is 4. The number of amides is 1. The SMILES string of the molecule is CCOc1ccc(NC(=O)CNS(=O)(=O)CC)cc1. The molecule has 6 nitrogen and oxygen atoms in total. The summed E-state index contributed by atoms with van der Waals surface area (Å²) in [6.07, 6.45) is 0. The van der Waals surface area contributed by atoms with E-state index in [2.05, 4.69) is 10.0 Å². The predicted octanol–water partition coefficient (Wildman–Crippen LogP) is 0.963. The number of ether oxygens (including phenoxy) is 1. The number of carbonyl (C=O) groups excluding carboxylic acids is 1. The molecule has 0 aromatic heterocycles. The smallest absolute Gasteiger partial charge is 0.239 e. The van der Waals surface area contributed by atoms with Crippen LogP contribution < -0.4 is 14.8 Å². The normalized spacial score (nSPS) is 11.1. The number of sulfonamides is 1. The number of nitrogens with one attached hydrogen (secondary N) is 2. The van der Waals surface area contributed by atoms with Crippen molar-refractivity contribution in [2.45, 2.75) is 13.8 Å². The first-order valence-corrected chi connectivity index (χ1v) is 7.62. The Kier molecular flexibility index (Phi) is 5.78. The Balaban J connectivity index is 2.48. The summed E-state index contributed by atoms with van der Waals surface area (Å²) < 4.78 is 29.8. The highest BCUT2D eigenvalue weighted by atomic mass is 32.2. The quantitative estimate of drug-likeness (QED) is 0.782. The maximum Gasteiger partial charge on any atom is 0.239 e. The van der Waals surface area contributed by atoms with E-state index in [0.29, 0.717) is 18.0 Å². The van der Waals surface area contributed by atoms with Crippen molar-refractivity contribution in [1.29, 1.82) is 0 Å². The van der Waals surface area contributed by atoms with Crippen molar-refractivity contribution >= 4 is 21.6 Å². The molecule has 0 aliphatic carbocycles. The lowest BCUT2D eigenvalue weighted by atomic mass is 10.3. The van der Waals surface area contributed by atoms with Gasteiger partial charge in [0, 0.05) is 5.69 Å². The molecular formula is C12H18N2O4S. The van der Waals surface area contributed by atoms with Gasteiger partial charge in [0.2, 0.25) is 15.9 Å². The Hall–Kier alpha value is -1.60. The lowest BCUT2D eigenvalue weighted by molar-refractivity contribution is -0.115. The second-order valence-electron chi connectivity index (χ2n) is 3.73. The van der Waals surface area contributed by atoms with E-state index in [-0.39, 0.29) is 12.3 Å². The zero-order valence-electron chi connectivity index (χ0n) is 11.0. The van der Waals surface area contributed by atoms with Crippen LogP contribution in [0.25, 0.3) is 0 Å². The van der Waals surface area contributed by atoms with E-state index in [1.54, 1.807) is 24.3 Å². The Morgan fingerprint density at radius 2 is 1.84 bits per heavy atom. The summed E-state index contributed by atoms with van der Waals surface area (Å²) in [4.78, 5) is 11.5. The highest BCUT2D eigenvalue weighted by Crippen LogP contribution is 2.15. The Labute approximate surface area is 113 Å². The van der Waals surface area contributed by atoms with Crippen molar-refractivity contribution in [3.8, 4) is 5.75 Å². The third kappa shape index (κ3) is 5.71. The molecule has 0 unspecified atom stereocenters. The van der Waals surface area contributed by atoms with Crippen LogP contribution in [0.5, 0.6) is 5.75 Å². The molecule has 1 amide bonds. The summed E-state index contributed by atoms with van der Waals surface area (Å²) in [5.74, 6) is 0.247. The van der Waals surface area contributed by atoms with Crippen molar-refractivity contribution in [2.75, 3.05) is 24.2 Å². The van der Waals surface area contributed by atoms with Gasteiger partial charge in [-0.3, -0.25) is 4.79 Å². The summed E-state index contributed by atoms with van der Waals surface area (Å²) >= 11 is 0. The second-order valence-corrected chi connectivity index (χ2v) is 5.83. The second kappa shape index (κ2) is 7.10. The van der Waals surface area contributed by atoms with Gasteiger partial charge >= 0.3 is 0 Å². The third-order valence-electron chi connectivity index (χ3n) is 2.28. The standard InChI is InChI=1S/C12H18N2O4S/c1-3-18-11-7-5-10(6-8-11)14-12(15)9-13-19(16,17)4-2/h5-8,13H,3-4,9H2,1-2H3,(H,14,15). The molecule has 0 saturated heterocycles. The van der Waals surface area contributed by atoms with Crippen LogP contribution >= 0.6 is 0 Å². The van der Waals surface area contributed by atoms with E-state index in [1.165, 1.54) is 6.92 Å². The van der Waals surface area contributed by atoms with Gasteiger partial charge in [-0.1, -0.05) is 0 Å². The molecular weight excluding hydrogens is 268 g/mol. The molecule has 2 N–H and O–H groups in total. The first-order chi connectivity index (χ1) is 8.96. The molecule has 0 aliphatic heterocycles.